The predicted octanol–water partition coefficient (Wildman–Crippen LogP) is 5.63. The molecule has 0 aliphatic carbocycles. The maximum atomic E-state index is 14.6. The maximum absolute atomic E-state index is 14.6. The number of ether oxygens (including phenoxy) is 2. The number of hydrogen-bond donors (Lipinski definition) is 1. The van der Waals surface area contributed by atoms with Gasteiger partial charge in [-0.1, -0.05) is 0 Å². The lowest BCUT2D eigenvalue weighted by Crippen LogP contribution is -2.36. The first-order valence-electron chi connectivity index (χ1n) is 12.3. The Labute approximate surface area is 231 Å². The molecule has 1 aromatic carbocycles. The van der Waals surface area contributed by atoms with Crippen molar-refractivity contribution in [3.8, 4) is 5.75 Å². The number of alkyl halides is 3. The minimum absolute atomic E-state index is 0.0486. The van der Waals surface area contributed by atoms with Gasteiger partial charge in [-0.25, -0.2) is 14.2 Å². The highest BCUT2D eigenvalue weighted by atomic mass is 32.1. The summed E-state index contributed by atoms with van der Waals surface area (Å²) in [5, 5.41) is 2.70. The van der Waals surface area contributed by atoms with Crippen LogP contribution in [0.2, 0.25) is 0 Å². The van der Waals surface area contributed by atoms with Crippen LogP contribution in [0.25, 0.3) is 0 Å². The monoisotopic (exact) mass is 581 g/mol. The second-order valence-corrected chi connectivity index (χ2v) is 11.0. The number of anilines is 1. The summed E-state index contributed by atoms with van der Waals surface area (Å²) in [6, 6.07) is 3.88. The SMILES string of the molecule is Cc1nsc(Cc2cnc(C(F)(F)F)cn2)c1C(=O)Nc1ccc(F)c(O[C@H]2CCN(C(=O)OC(C)(C)C)C2)c1. The van der Waals surface area contributed by atoms with Crippen LogP contribution in [0, 0.1) is 12.7 Å². The van der Waals surface area contributed by atoms with Crippen LogP contribution < -0.4 is 10.1 Å². The van der Waals surface area contributed by atoms with Crippen LogP contribution in [0.4, 0.5) is 28.0 Å². The van der Waals surface area contributed by atoms with Gasteiger partial charge in [-0.15, -0.1) is 0 Å². The van der Waals surface area contributed by atoms with E-state index in [2.05, 4.69) is 19.7 Å². The zero-order chi connectivity index (χ0) is 29.2. The fraction of sp³-hybridized carbons (Fsp3) is 0.423. The van der Waals surface area contributed by atoms with Crippen LogP contribution >= 0.6 is 11.5 Å². The van der Waals surface area contributed by atoms with E-state index in [0.29, 0.717) is 29.7 Å². The molecule has 1 aliphatic rings. The molecule has 0 unspecified atom stereocenters. The van der Waals surface area contributed by atoms with Crippen LogP contribution in [-0.4, -0.2) is 56.0 Å². The zero-order valence-electron chi connectivity index (χ0n) is 22.1. The average molecular weight is 582 g/mol. The highest BCUT2D eigenvalue weighted by Crippen LogP contribution is 2.29. The third-order valence-corrected chi connectivity index (χ3v) is 6.71. The van der Waals surface area contributed by atoms with Crippen molar-refractivity contribution in [2.24, 2.45) is 0 Å². The van der Waals surface area contributed by atoms with Crippen LogP contribution in [0.1, 0.15) is 59.5 Å². The standard InChI is InChI=1S/C26H27F4N5O4S/c1-14-22(20(40-34-14)10-16-11-32-21(12-31-16)26(28,29)30)23(36)33-15-5-6-18(27)19(9-15)38-17-7-8-35(13-17)24(37)39-25(2,3)4/h5-6,9,11-12,17H,7-8,10,13H2,1-4H3,(H,33,36)/t17-/m0/s1. The first kappa shape index (κ1) is 29.2. The Morgan fingerprint density at radius 3 is 2.58 bits per heavy atom. The molecule has 40 heavy (non-hydrogen) atoms. The number of halogens is 4. The molecule has 2 aromatic heterocycles. The number of aryl methyl sites for hydroxylation is 1. The van der Waals surface area contributed by atoms with E-state index in [1.165, 1.54) is 17.0 Å². The van der Waals surface area contributed by atoms with E-state index in [1.807, 2.05) is 0 Å². The van der Waals surface area contributed by atoms with Crippen molar-refractivity contribution in [1.29, 1.82) is 0 Å². The molecule has 2 amide bonds. The molecule has 0 radical (unpaired) electrons. The molecule has 3 heterocycles. The molecule has 1 fully saturated rings. The molecule has 214 valence electrons. The average Bonchev–Trinajstić information content (AvgIpc) is 3.46. The largest absolute Gasteiger partial charge is 0.485 e. The Morgan fingerprint density at radius 2 is 1.93 bits per heavy atom. The second-order valence-electron chi connectivity index (χ2n) is 10.2. The van der Waals surface area contributed by atoms with Crippen molar-refractivity contribution in [3.63, 3.8) is 0 Å². The first-order chi connectivity index (χ1) is 18.7. The number of amides is 2. The van der Waals surface area contributed by atoms with E-state index >= 15 is 0 Å². The number of benzene rings is 1. The van der Waals surface area contributed by atoms with Crippen molar-refractivity contribution in [1.82, 2.24) is 19.2 Å². The molecule has 4 rings (SSSR count). The predicted molar refractivity (Wildman–Crippen MR) is 138 cm³/mol. The highest BCUT2D eigenvalue weighted by Gasteiger charge is 2.33. The summed E-state index contributed by atoms with van der Waals surface area (Å²) in [6.45, 7) is 7.55. The van der Waals surface area contributed by atoms with E-state index in [-0.39, 0.29) is 35.7 Å². The van der Waals surface area contributed by atoms with E-state index in [1.54, 1.807) is 27.7 Å². The van der Waals surface area contributed by atoms with E-state index < -0.39 is 41.4 Å². The maximum Gasteiger partial charge on any atom is 0.434 e. The van der Waals surface area contributed by atoms with Crippen LogP contribution in [0.3, 0.4) is 0 Å². The number of carbonyl (C=O) groups excluding carboxylic acids is 2. The summed E-state index contributed by atoms with van der Waals surface area (Å²) in [7, 11) is 0. The number of likely N-dealkylation sites (tertiary alicyclic amines) is 1. The quantitative estimate of drug-likeness (QED) is 0.376. The van der Waals surface area contributed by atoms with Crippen LogP contribution in [0.15, 0.2) is 30.6 Å². The molecule has 1 aliphatic heterocycles. The summed E-state index contributed by atoms with van der Waals surface area (Å²) in [5.41, 5.74) is -0.601. The van der Waals surface area contributed by atoms with Crippen molar-refractivity contribution < 1.29 is 36.6 Å². The van der Waals surface area contributed by atoms with Crippen molar-refractivity contribution in [2.45, 2.75) is 58.4 Å². The molecule has 1 saturated heterocycles. The van der Waals surface area contributed by atoms with Gasteiger partial charge in [0.2, 0.25) is 0 Å². The number of nitrogens with one attached hydrogen (secondary N) is 1. The van der Waals surface area contributed by atoms with Gasteiger partial charge in [-0.2, -0.15) is 17.5 Å². The van der Waals surface area contributed by atoms with Gasteiger partial charge < -0.3 is 19.7 Å². The Bertz CT molecular complexity index is 1390. The van der Waals surface area contributed by atoms with E-state index in [0.717, 1.165) is 23.8 Å². The smallest absolute Gasteiger partial charge is 0.434 e. The second kappa shape index (κ2) is 11.4. The normalized spacial score (nSPS) is 15.7. The van der Waals surface area contributed by atoms with Gasteiger partial charge in [0.25, 0.3) is 5.91 Å². The van der Waals surface area contributed by atoms with E-state index in [9.17, 15) is 27.2 Å². The summed E-state index contributed by atoms with van der Waals surface area (Å²) in [6.07, 6.45) is -3.37. The van der Waals surface area contributed by atoms with Gasteiger partial charge in [0.05, 0.1) is 29.7 Å². The molecule has 14 heteroatoms. The summed E-state index contributed by atoms with van der Waals surface area (Å²) >= 11 is 1.02. The van der Waals surface area contributed by atoms with Gasteiger partial charge in [-0.05, 0) is 51.4 Å². The van der Waals surface area contributed by atoms with Gasteiger partial charge in [-0.3, -0.25) is 9.78 Å². The number of rotatable bonds is 6. The van der Waals surface area contributed by atoms with Crippen molar-refractivity contribution in [2.75, 3.05) is 18.4 Å². The summed E-state index contributed by atoms with van der Waals surface area (Å²) < 4.78 is 68.3. The molecular weight excluding hydrogens is 554 g/mol. The molecular formula is C26H27F4N5O4S. The van der Waals surface area contributed by atoms with Gasteiger partial charge in [0.15, 0.2) is 17.3 Å². The molecule has 9 nitrogen and oxygen atoms in total. The highest BCUT2D eigenvalue weighted by molar-refractivity contribution is 7.06. The number of hydrogen-bond acceptors (Lipinski definition) is 8. The molecule has 1 atom stereocenters. The molecule has 3 aromatic rings. The number of nitrogens with zero attached hydrogens (tertiary/aromatic N) is 4. The van der Waals surface area contributed by atoms with Crippen LogP contribution in [0.5, 0.6) is 5.75 Å². The Balaban J connectivity index is 1.43. The Kier molecular flexibility index (Phi) is 8.28. The zero-order valence-corrected chi connectivity index (χ0v) is 23.0. The minimum Gasteiger partial charge on any atom is -0.485 e. The lowest BCUT2D eigenvalue weighted by atomic mass is 10.1. The van der Waals surface area contributed by atoms with Gasteiger partial charge in [0.1, 0.15) is 11.7 Å². The topological polar surface area (TPSA) is 107 Å². The Hall–Kier alpha value is -3.81. The molecule has 0 saturated carbocycles. The molecule has 0 bridgehead atoms. The molecule has 1 N–H and O–H groups in total. The third-order valence-electron chi connectivity index (χ3n) is 5.78. The van der Waals surface area contributed by atoms with Crippen molar-refractivity contribution >= 4 is 29.2 Å². The summed E-state index contributed by atoms with van der Waals surface area (Å²) in [5.74, 6) is -1.26. The number of aromatic nitrogens is 3. The fourth-order valence-corrected chi connectivity index (χ4v) is 4.83. The van der Waals surface area contributed by atoms with Gasteiger partial charge in [0, 0.05) is 42.2 Å². The fourth-order valence-electron chi connectivity index (χ4n) is 3.95. The lowest BCUT2D eigenvalue weighted by Gasteiger charge is -2.24. The lowest BCUT2D eigenvalue weighted by molar-refractivity contribution is -0.141. The van der Waals surface area contributed by atoms with Crippen molar-refractivity contribution in [3.05, 3.63) is 63.9 Å². The van der Waals surface area contributed by atoms with Crippen LogP contribution in [-0.2, 0) is 17.3 Å². The third kappa shape index (κ3) is 7.23. The minimum atomic E-state index is -4.61. The van der Waals surface area contributed by atoms with E-state index in [4.69, 9.17) is 9.47 Å². The van der Waals surface area contributed by atoms with Gasteiger partial charge >= 0.3 is 12.3 Å². The summed E-state index contributed by atoms with van der Waals surface area (Å²) in [4.78, 5) is 34.6. The Morgan fingerprint density at radius 1 is 1.18 bits per heavy atom. The number of carbonyl (C=O) groups is 2. The first-order valence-corrected chi connectivity index (χ1v) is 13.1. The molecule has 0 spiro atoms.